The number of hydrogen-bond donors (Lipinski definition) is 1. The van der Waals surface area contributed by atoms with Gasteiger partial charge in [-0.2, -0.15) is 8.78 Å². The molecule has 1 rings (SSSR count). The van der Waals surface area contributed by atoms with E-state index < -0.39 is 18.3 Å². The van der Waals surface area contributed by atoms with Gasteiger partial charge >= 0.3 is 6.11 Å². The van der Waals surface area contributed by atoms with Gasteiger partial charge in [-0.3, -0.25) is 0 Å². The monoisotopic (exact) mass is 196 g/mol. The fraction of sp³-hybridized carbons (Fsp3) is 1.00. The van der Waals surface area contributed by atoms with Gasteiger partial charge in [-0.15, -0.1) is 0 Å². The Hall–Kier alpha value is -0.260. The van der Waals surface area contributed by atoms with Crippen molar-refractivity contribution < 1.29 is 23.4 Å². The molecule has 0 amide bonds. The van der Waals surface area contributed by atoms with Crippen LogP contribution in [0.1, 0.15) is 20.3 Å². The van der Waals surface area contributed by atoms with Crippen LogP contribution >= 0.6 is 0 Å². The highest BCUT2D eigenvalue weighted by Crippen LogP contribution is 2.26. The summed E-state index contributed by atoms with van der Waals surface area (Å²) in [5.41, 5.74) is -0.673. The summed E-state index contributed by atoms with van der Waals surface area (Å²) in [5.74, 6) is 0. The summed E-state index contributed by atoms with van der Waals surface area (Å²) < 4.78 is 33.8. The maximum Gasteiger partial charge on any atom is 0.376 e. The molecular weight excluding hydrogens is 182 g/mol. The lowest BCUT2D eigenvalue weighted by molar-refractivity contribution is -0.249. The Labute approximate surface area is 75.6 Å². The molecule has 1 atom stereocenters. The van der Waals surface area contributed by atoms with Gasteiger partial charge < -0.3 is 14.6 Å². The third kappa shape index (κ3) is 5.13. The van der Waals surface area contributed by atoms with E-state index in [0.29, 0.717) is 13.0 Å². The quantitative estimate of drug-likeness (QED) is 0.671. The minimum atomic E-state index is -3.75. The van der Waals surface area contributed by atoms with Crippen molar-refractivity contribution in [3.8, 4) is 0 Å². The van der Waals surface area contributed by atoms with Crippen LogP contribution in [-0.4, -0.2) is 36.1 Å². The lowest BCUT2D eigenvalue weighted by Crippen LogP contribution is -2.33. The summed E-state index contributed by atoms with van der Waals surface area (Å²) in [6.07, 6.45) is -3.05. The summed E-state index contributed by atoms with van der Waals surface area (Å²) in [6, 6.07) is 0. The van der Waals surface area contributed by atoms with Crippen LogP contribution < -0.4 is 0 Å². The molecule has 5 heteroatoms. The highest BCUT2D eigenvalue weighted by Gasteiger charge is 2.35. The van der Waals surface area contributed by atoms with E-state index in [2.05, 4.69) is 0 Å². The summed E-state index contributed by atoms with van der Waals surface area (Å²) in [4.78, 5) is 0. The smallest absolute Gasteiger partial charge is 0.373 e. The number of epoxide rings is 1. The van der Waals surface area contributed by atoms with Crippen LogP contribution in [0.5, 0.6) is 0 Å². The fourth-order valence-corrected chi connectivity index (χ4v) is 1.08. The topological polar surface area (TPSA) is 42.0 Å². The largest absolute Gasteiger partial charge is 0.376 e. The summed E-state index contributed by atoms with van der Waals surface area (Å²) in [5, 5.41) is 8.14. The summed E-state index contributed by atoms with van der Waals surface area (Å²) >= 11 is 0. The lowest BCUT2D eigenvalue weighted by Gasteiger charge is -2.25. The molecule has 1 saturated heterocycles. The number of hydrogen-bond acceptors (Lipinski definition) is 3. The van der Waals surface area contributed by atoms with Gasteiger partial charge in [-0.05, 0) is 13.8 Å². The zero-order chi connectivity index (χ0) is 10.1. The van der Waals surface area contributed by atoms with Crippen LogP contribution in [-0.2, 0) is 9.47 Å². The van der Waals surface area contributed by atoms with Gasteiger partial charge in [0.2, 0.25) is 0 Å². The number of ether oxygens (including phenoxy) is 2. The number of rotatable bonds is 5. The van der Waals surface area contributed by atoms with E-state index >= 15 is 0 Å². The molecule has 0 aromatic rings. The minimum Gasteiger partial charge on any atom is -0.373 e. The van der Waals surface area contributed by atoms with Gasteiger partial charge in [0.15, 0.2) is 0 Å². The molecule has 1 fully saturated rings. The Balaban J connectivity index is 2.24. The van der Waals surface area contributed by atoms with Crippen molar-refractivity contribution in [2.75, 3.05) is 13.2 Å². The Morgan fingerprint density at radius 3 is 2.46 bits per heavy atom. The van der Waals surface area contributed by atoms with Crippen LogP contribution in [0, 0.1) is 0 Å². The van der Waals surface area contributed by atoms with E-state index in [1.54, 1.807) is 13.8 Å². The highest BCUT2D eigenvalue weighted by molar-refractivity contribution is 4.80. The molecule has 0 aromatic heterocycles. The molecule has 3 nitrogen and oxygen atoms in total. The second-order valence-corrected chi connectivity index (χ2v) is 3.87. The highest BCUT2D eigenvalue weighted by atomic mass is 19.3. The van der Waals surface area contributed by atoms with E-state index in [0.717, 1.165) is 0 Å². The van der Waals surface area contributed by atoms with Crippen molar-refractivity contribution in [2.24, 2.45) is 0 Å². The van der Waals surface area contributed by atoms with Crippen molar-refractivity contribution >= 4 is 0 Å². The van der Waals surface area contributed by atoms with Crippen LogP contribution in [0.3, 0.4) is 0 Å². The zero-order valence-electron chi connectivity index (χ0n) is 7.72. The molecule has 1 aliphatic heterocycles. The average Bonchev–Trinajstić information content (AvgIpc) is 2.66. The second kappa shape index (κ2) is 3.48. The molecule has 0 aromatic carbocycles. The van der Waals surface area contributed by atoms with E-state index in [1.165, 1.54) is 0 Å². The van der Waals surface area contributed by atoms with Gasteiger partial charge in [0, 0.05) is 6.42 Å². The van der Waals surface area contributed by atoms with Gasteiger partial charge in [0.25, 0.3) is 0 Å². The predicted molar refractivity (Wildman–Crippen MR) is 41.6 cm³/mol. The van der Waals surface area contributed by atoms with E-state index in [1.807, 2.05) is 0 Å². The normalized spacial score (nSPS) is 23.3. The molecule has 78 valence electrons. The maximum absolute atomic E-state index is 12.0. The molecule has 0 radical (unpaired) electrons. The minimum absolute atomic E-state index is 0.127. The van der Waals surface area contributed by atoms with Crippen molar-refractivity contribution in [1.82, 2.24) is 0 Å². The second-order valence-electron chi connectivity index (χ2n) is 3.87. The van der Waals surface area contributed by atoms with E-state index in [4.69, 9.17) is 14.6 Å². The third-order valence-electron chi connectivity index (χ3n) is 1.76. The fourth-order valence-electron chi connectivity index (χ4n) is 1.08. The molecule has 0 bridgehead atoms. The molecule has 13 heavy (non-hydrogen) atoms. The molecule has 1 aliphatic rings. The molecule has 1 N–H and O–H groups in total. The van der Waals surface area contributed by atoms with Crippen molar-refractivity contribution in [2.45, 2.75) is 38.1 Å². The maximum atomic E-state index is 12.0. The van der Waals surface area contributed by atoms with E-state index in [-0.39, 0.29) is 6.10 Å². The molecule has 1 heterocycles. The Kier molecular flexibility index (Phi) is 2.89. The first-order chi connectivity index (χ1) is 5.79. The SMILES string of the molecule is CC(C)(CC1CO1)OCC(O)(F)F. The number of aliphatic hydroxyl groups is 1. The van der Waals surface area contributed by atoms with Gasteiger partial charge in [0.05, 0.1) is 18.3 Å². The standard InChI is InChI=1S/C8H14F2O3/c1-7(2,3-6-4-12-6)13-5-8(9,10)11/h6,11H,3-5H2,1-2H3. The first-order valence-corrected chi connectivity index (χ1v) is 4.14. The average molecular weight is 196 g/mol. The van der Waals surface area contributed by atoms with Crippen LogP contribution in [0.2, 0.25) is 0 Å². The van der Waals surface area contributed by atoms with Crippen LogP contribution in [0.15, 0.2) is 0 Å². The van der Waals surface area contributed by atoms with Crippen LogP contribution in [0.4, 0.5) is 8.78 Å². The van der Waals surface area contributed by atoms with Gasteiger partial charge in [0.1, 0.15) is 6.61 Å². The number of halogens is 2. The molecule has 0 saturated carbocycles. The summed E-state index contributed by atoms with van der Waals surface area (Å²) in [6.45, 7) is 3.09. The van der Waals surface area contributed by atoms with E-state index in [9.17, 15) is 8.78 Å². The zero-order valence-corrected chi connectivity index (χ0v) is 7.72. The molecule has 1 unspecified atom stereocenters. The Morgan fingerprint density at radius 2 is 2.08 bits per heavy atom. The first kappa shape index (κ1) is 10.8. The number of alkyl halides is 2. The lowest BCUT2D eigenvalue weighted by atomic mass is 10.0. The molecule has 0 spiro atoms. The predicted octanol–water partition coefficient (Wildman–Crippen LogP) is 1.16. The third-order valence-corrected chi connectivity index (χ3v) is 1.76. The molecule has 0 aliphatic carbocycles. The van der Waals surface area contributed by atoms with Crippen molar-refractivity contribution in [3.05, 3.63) is 0 Å². The first-order valence-electron chi connectivity index (χ1n) is 4.14. The van der Waals surface area contributed by atoms with Crippen molar-refractivity contribution in [1.29, 1.82) is 0 Å². The van der Waals surface area contributed by atoms with Crippen LogP contribution in [0.25, 0.3) is 0 Å². The van der Waals surface area contributed by atoms with Crippen molar-refractivity contribution in [3.63, 3.8) is 0 Å². The molecular formula is C8H14F2O3. The Morgan fingerprint density at radius 1 is 1.54 bits per heavy atom. The Bertz CT molecular complexity index is 173. The summed E-state index contributed by atoms with van der Waals surface area (Å²) in [7, 11) is 0. The van der Waals surface area contributed by atoms with Gasteiger partial charge in [-0.25, -0.2) is 0 Å². The van der Waals surface area contributed by atoms with Gasteiger partial charge in [-0.1, -0.05) is 0 Å².